The lowest BCUT2D eigenvalue weighted by Crippen LogP contribution is -2.71. The molecule has 0 saturated heterocycles. The van der Waals surface area contributed by atoms with E-state index >= 15 is 0 Å². The Hall–Kier alpha value is -4.22. The van der Waals surface area contributed by atoms with Crippen molar-refractivity contribution in [3.8, 4) is 17.1 Å². The Kier molecular flexibility index (Phi) is 8.66. The first-order valence-electron chi connectivity index (χ1n) is 15.9. The number of fused-ring (bicyclic) bond motifs is 4. The van der Waals surface area contributed by atoms with Crippen LogP contribution >= 0.6 is 11.6 Å². The zero-order valence-electron chi connectivity index (χ0n) is 27.4. The Labute approximate surface area is 282 Å². The minimum Gasteiger partial charge on any atom is -0.482 e. The number of ether oxygens (including phenoxy) is 4. The van der Waals surface area contributed by atoms with Crippen LogP contribution in [0, 0.1) is 22.7 Å². The van der Waals surface area contributed by atoms with Gasteiger partial charge in [-0.1, -0.05) is 25.4 Å². The lowest BCUT2D eigenvalue weighted by atomic mass is 9.42. The molecule has 254 valence electrons. The summed E-state index contributed by atoms with van der Waals surface area (Å²) in [7, 11) is 0. The maximum Gasteiger partial charge on any atom is 0.345 e. The summed E-state index contributed by atoms with van der Waals surface area (Å²) in [5.41, 5.74) is -3.13. The van der Waals surface area contributed by atoms with Gasteiger partial charge in [0.25, 0.3) is 0 Å². The predicted octanol–water partition coefficient (Wildman–Crippen LogP) is 5.70. The highest BCUT2D eigenvalue weighted by Gasteiger charge is 2.71. The summed E-state index contributed by atoms with van der Waals surface area (Å²) >= 11 is 6.07. The molecule has 8 atom stereocenters. The first-order valence-corrected chi connectivity index (χ1v) is 16.3. The Morgan fingerprint density at radius 2 is 1.77 bits per heavy atom. The Bertz CT molecular complexity index is 1790. The number of halogens is 1. The van der Waals surface area contributed by atoms with E-state index in [1.165, 1.54) is 13.8 Å². The number of aliphatic hydroxyl groups is 1. The molecule has 0 radical (unpaired) electrons. The van der Waals surface area contributed by atoms with Crippen molar-refractivity contribution in [2.75, 3.05) is 6.61 Å². The number of esters is 3. The van der Waals surface area contributed by atoms with Crippen LogP contribution in [0.15, 0.2) is 64.1 Å². The average Bonchev–Trinajstić information content (AvgIpc) is 3.02. The van der Waals surface area contributed by atoms with Crippen LogP contribution in [0.2, 0.25) is 5.02 Å². The van der Waals surface area contributed by atoms with Crippen molar-refractivity contribution in [2.24, 2.45) is 22.7 Å². The van der Waals surface area contributed by atoms with Gasteiger partial charge in [-0.15, -0.1) is 0 Å². The molecular weight excluding hydrogens is 642 g/mol. The van der Waals surface area contributed by atoms with Gasteiger partial charge in [-0.2, -0.15) is 0 Å². The average molecular weight is 680 g/mol. The van der Waals surface area contributed by atoms with Gasteiger partial charge in [0.05, 0.1) is 11.7 Å². The normalized spacial score (nSPS) is 32.0. The molecule has 48 heavy (non-hydrogen) atoms. The summed E-state index contributed by atoms with van der Waals surface area (Å²) in [5, 5.41) is 12.7. The van der Waals surface area contributed by atoms with Gasteiger partial charge in [0.15, 0.2) is 0 Å². The van der Waals surface area contributed by atoms with Crippen LogP contribution in [-0.4, -0.2) is 52.4 Å². The third-order valence-electron chi connectivity index (χ3n) is 10.8. The minimum atomic E-state index is -1.40. The van der Waals surface area contributed by atoms with Crippen LogP contribution < -0.4 is 10.4 Å². The van der Waals surface area contributed by atoms with Crippen LogP contribution in [0.1, 0.15) is 75.9 Å². The Morgan fingerprint density at radius 3 is 2.42 bits per heavy atom. The number of nitrogens with zero attached hydrogens (tertiary/aromatic N) is 1. The van der Waals surface area contributed by atoms with Crippen molar-refractivity contribution in [1.29, 1.82) is 0 Å². The predicted molar refractivity (Wildman–Crippen MR) is 172 cm³/mol. The van der Waals surface area contributed by atoms with Crippen LogP contribution in [0.5, 0.6) is 5.75 Å². The fourth-order valence-electron chi connectivity index (χ4n) is 8.62. The summed E-state index contributed by atoms with van der Waals surface area (Å²) in [6.45, 7) is 8.19. The van der Waals surface area contributed by atoms with Gasteiger partial charge in [-0.25, -0.2) is 9.59 Å². The topological polar surface area (TPSA) is 151 Å². The standard InChI is InChI=1S/C36H38ClNO10/c1-19(39)44-18-35(4)26-16-28(47-32(42)21-8-10-23(37)11-9-21)36(5)31(34(26,3)13-12-27(35)45-20(2)40)30(41)29-25(48-36)15-24(46-33(29)43)22-7-6-14-38-17-22/h6-11,14-15,17,26-28,30-31,41H,12-13,16,18H2,1-5H3/t26?,27-,28-,30-,31?,34-,35?,36+/m0/s1. The van der Waals surface area contributed by atoms with E-state index in [0.29, 0.717) is 23.4 Å². The molecule has 3 aromatic rings. The van der Waals surface area contributed by atoms with E-state index in [0.717, 1.165) is 0 Å². The van der Waals surface area contributed by atoms with Crippen molar-refractivity contribution in [1.82, 2.24) is 4.98 Å². The van der Waals surface area contributed by atoms with Gasteiger partial charge >= 0.3 is 23.5 Å². The van der Waals surface area contributed by atoms with Gasteiger partial charge < -0.3 is 28.5 Å². The summed E-state index contributed by atoms with van der Waals surface area (Å²) in [6, 6.07) is 11.3. The SMILES string of the molecule is CC(=O)OCC1(C)C2C[C@H](OC(=O)c3ccc(Cl)cc3)[C@@]3(C)Oc4cc(-c5cccnc5)oc(=O)c4[C@H](O)C3[C@@]2(C)CC[C@@H]1OC(C)=O. The molecule has 12 heteroatoms. The highest BCUT2D eigenvalue weighted by atomic mass is 35.5. The van der Waals surface area contributed by atoms with Crippen LogP contribution in [0.4, 0.5) is 0 Å². The zero-order chi connectivity index (χ0) is 34.6. The minimum absolute atomic E-state index is 0.0430. The second-order valence-electron chi connectivity index (χ2n) is 13.7. The van der Waals surface area contributed by atoms with Crippen LogP contribution in [-0.2, 0) is 23.8 Å². The fraction of sp³-hybridized carbons (Fsp3) is 0.472. The summed E-state index contributed by atoms with van der Waals surface area (Å²) in [5.74, 6) is -2.59. The quantitative estimate of drug-likeness (QED) is 0.252. The Balaban J connectivity index is 1.50. The van der Waals surface area contributed by atoms with Crippen molar-refractivity contribution in [3.05, 3.63) is 81.4 Å². The number of hydrogen-bond donors (Lipinski definition) is 1. The maximum absolute atomic E-state index is 13.7. The van der Waals surface area contributed by atoms with Crippen molar-refractivity contribution in [2.45, 2.75) is 77.8 Å². The molecule has 2 saturated carbocycles. The lowest BCUT2D eigenvalue weighted by molar-refractivity contribution is -0.266. The van der Waals surface area contributed by atoms with E-state index in [9.17, 15) is 24.3 Å². The molecule has 2 fully saturated rings. The van der Waals surface area contributed by atoms with Gasteiger partial charge in [-0.05, 0) is 73.9 Å². The number of benzene rings is 1. The molecule has 3 heterocycles. The van der Waals surface area contributed by atoms with E-state index in [1.807, 2.05) is 13.8 Å². The third-order valence-corrected chi connectivity index (χ3v) is 11.0. The van der Waals surface area contributed by atoms with E-state index in [-0.39, 0.29) is 35.7 Å². The molecular formula is C36H38ClNO10. The number of pyridine rings is 1. The molecule has 0 bridgehead atoms. The third kappa shape index (κ3) is 5.66. The lowest BCUT2D eigenvalue weighted by Gasteiger charge is -2.66. The van der Waals surface area contributed by atoms with E-state index < -0.39 is 70.1 Å². The molecule has 2 aromatic heterocycles. The number of aliphatic hydroxyl groups excluding tert-OH is 1. The second kappa shape index (κ2) is 12.3. The highest BCUT2D eigenvalue weighted by Crippen LogP contribution is 2.67. The number of carbonyl (C=O) groups is 3. The molecule has 1 aliphatic heterocycles. The largest absolute Gasteiger partial charge is 0.482 e. The molecule has 6 rings (SSSR count). The van der Waals surface area contributed by atoms with Gasteiger partial charge in [0, 0.05) is 54.2 Å². The van der Waals surface area contributed by atoms with Crippen LogP contribution in [0.25, 0.3) is 11.3 Å². The summed E-state index contributed by atoms with van der Waals surface area (Å²) in [6.07, 6.45) is 1.17. The molecule has 0 amide bonds. The van der Waals surface area contributed by atoms with E-state index in [4.69, 9.17) is 35.0 Å². The van der Waals surface area contributed by atoms with Crippen molar-refractivity contribution >= 4 is 29.5 Å². The first kappa shape index (κ1) is 33.7. The number of hydrogen-bond acceptors (Lipinski definition) is 11. The Morgan fingerprint density at radius 1 is 1.04 bits per heavy atom. The molecule has 11 nitrogen and oxygen atoms in total. The molecule has 1 N–H and O–H groups in total. The highest BCUT2D eigenvalue weighted by molar-refractivity contribution is 6.30. The fourth-order valence-corrected chi connectivity index (χ4v) is 8.75. The molecule has 3 aliphatic rings. The van der Waals surface area contributed by atoms with E-state index in [1.54, 1.807) is 61.8 Å². The second-order valence-corrected chi connectivity index (χ2v) is 14.2. The molecule has 1 aromatic carbocycles. The van der Waals surface area contributed by atoms with Gasteiger partial charge in [0.1, 0.15) is 41.5 Å². The zero-order valence-corrected chi connectivity index (χ0v) is 28.1. The van der Waals surface area contributed by atoms with Crippen LogP contribution in [0.3, 0.4) is 0 Å². The monoisotopic (exact) mass is 679 g/mol. The molecule has 0 spiro atoms. The smallest absolute Gasteiger partial charge is 0.345 e. The molecule has 3 unspecified atom stereocenters. The summed E-state index contributed by atoms with van der Waals surface area (Å²) < 4.78 is 30.2. The first-order chi connectivity index (χ1) is 22.7. The number of rotatable bonds is 6. The summed E-state index contributed by atoms with van der Waals surface area (Å²) in [4.78, 5) is 55.8. The number of aromatic nitrogens is 1. The van der Waals surface area contributed by atoms with E-state index in [2.05, 4.69) is 4.98 Å². The van der Waals surface area contributed by atoms with Crippen molar-refractivity contribution in [3.63, 3.8) is 0 Å². The van der Waals surface area contributed by atoms with Gasteiger partial charge in [0.2, 0.25) is 0 Å². The van der Waals surface area contributed by atoms with Gasteiger partial charge in [-0.3, -0.25) is 14.6 Å². The maximum atomic E-state index is 13.7. The van der Waals surface area contributed by atoms with Crippen molar-refractivity contribution < 1.29 is 42.9 Å². The molecule has 2 aliphatic carbocycles. The number of carbonyl (C=O) groups excluding carboxylic acids is 3.